The fourth-order valence-corrected chi connectivity index (χ4v) is 0.327. The molecule has 0 rings (SSSR count). The highest BCUT2D eigenvalue weighted by Crippen LogP contribution is 1.81. The third-order valence-corrected chi connectivity index (χ3v) is 0.624. The van der Waals surface area contributed by atoms with Crippen LogP contribution in [-0.2, 0) is 4.74 Å². The van der Waals surface area contributed by atoms with Gasteiger partial charge in [0.05, 0.1) is 7.11 Å². The Morgan fingerprint density at radius 1 is 1.67 bits per heavy atom. The molecule has 0 aromatic heterocycles. The molecule has 0 N–H and O–H groups in total. The van der Waals surface area contributed by atoms with E-state index in [0.717, 1.165) is 0 Å². The van der Waals surface area contributed by atoms with Crippen LogP contribution >= 0.6 is 0 Å². The van der Waals surface area contributed by atoms with Gasteiger partial charge in [-0.25, -0.2) is 9.98 Å². The molecule has 0 bridgehead atoms. The summed E-state index contributed by atoms with van der Waals surface area (Å²) in [4.78, 5) is 7.46. The second-order valence-corrected chi connectivity index (χ2v) is 1.19. The van der Waals surface area contributed by atoms with E-state index in [4.69, 9.17) is 4.74 Å². The summed E-state index contributed by atoms with van der Waals surface area (Å²) in [6.07, 6.45) is 2.98. The number of hydrogen-bond acceptors (Lipinski definition) is 2. The summed E-state index contributed by atoms with van der Waals surface area (Å²) in [6.45, 7) is 5.18. The number of amidine groups is 1. The molecule has 0 aliphatic carbocycles. The molecule has 0 saturated carbocycles. The largest absolute Gasteiger partial charge is 0.467 e. The van der Waals surface area contributed by atoms with Crippen molar-refractivity contribution < 1.29 is 4.74 Å². The Labute approximate surface area is 54.8 Å². The first-order chi connectivity index (χ1) is 4.35. The van der Waals surface area contributed by atoms with Crippen LogP contribution in [0.1, 0.15) is 6.92 Å². The fraction of sp³-hybridized carbons (Fsp3) is 0.333. The maximum Gasteiger partial charge on any atom is 0.315 e. The maximum atomic E-state index is 4.71. The van der Waals surface area contributed by atoms with Crippen molar-refractivity contribution in [2.24, 2.45) is 9.98 Å². The van der Waals surface area contributed by atoms with Gasteiger partial charge in [0.2, 0.25) is 0 Å². The summed E-state index contributed by atoms with van der Waals surface area (Å²) in [5.41, 5.74) is 0. The molecule has 3 nitrogen and oxygen atoms in total. The van der Waals surface area contributed by atoms with E-state index < -0.39 is 0 Å². The van der Waals surface area contributed by atoms with Crippen molar-refractivity contribution in [1.29, 1.82) is 0 Å². The van der Waals surface area contributed by atoms with Gasteiger partial charge in [0.15, 0.2) is 0 Å². The van der Waals surface area contributed by atoms with Crippen molar-refractivity contribution >= 4 is 12.2 Å². The SMILES string of the molecule is C=CN=C(/N=C\C)OC. The normalized spacial score (nSPS) is 12.0. The molecule has 0 fully saturated rings. The first kappa shape index (κ1) is 7.88. The quantitative estimate of drug-likeness (QED) is 0.384. The summed E-state index contributed by atoms with van der Waals surface area (Å²) < 4.78 is 4.71. The average molecular weight is 126 g/mol. The van der Waals surface area contributed by atoms with E-state index in [0.29, 0.717) is 6.02 Å². The van der Waals surface area contributed by atoms with Crippen LogP contribution in [0, 0.1) is 0 Å². The highest BCUT2D eigenvalue weighted by atomic mass is 16.5. The second kappa shape index (κ2) is 5.03. The zero-order valence-electron chi connectivity index (χ0n) is 5.66. The minimum atomic E-state index is 0.326. The Bertz CT molecular complexity index is 138. The van der Waals surface area contributed by atoms with Gasteiger partial charge in [0, 0.05) is 12.4 Å². The van der Waals surface area contributed by atoms with Gasteiger partial charge in [-0.2, -0.15) is 0 Å². The van der Waals surface area contributed by atoms with Crippen molar-refractivity contribution in [3.05, 3.63) is 12.8 Å². The Morgan fingerprint density at radius 2 is 2.33 bits per heavy atom. The van der Waals surface area contributed by atoms with Crippen LogP contribution in [0.3, 0.4) is 0 Å². The smallest absolute Gasteiger partial charge is 0.315 e. The summed E-state index contributed by atoms with van der Waals surface area (Å²) in [5, 5.41) is 0. The number of rotatable bonds is 1. The van der Waals surface area contributed by atoms with E-state index in [1.807, 2.05) is 0 Å². The molecule has 0 aliphatic heterocycles. The van der Waals surface area contributed by atoms with Crippen LogP contribution in [0.4, 0.5) is 0 Å². The van der Waals surface area contributed by atoms with Gasteiger partial charge in [-0.15, -0.1) is 0 Å². The molecule has 50 valence electrons. The summed E-state index contributed by atoms with van der Waals surface area (Å²) in [7, 11) is 1.51. The minimum Gasteiger partial charge on any atom is -0.467 e. The van der Waals surface area contributed by atoms with Gasteiger partial charge < -0.3 is 4.74 Å². The number of hydrogen-bond donors (Lipinski definition) is 0. The summed E-state index contributed by atoms with van der Waals surface area (Å²) in [5.74, 6) is 0. The molecule has 0 spiro atoms. The predicted molar refractivity (Wildman–Crippen MR) is 38.8 cm³/mol. The molecule has 0 heterocycles. The molecular weight excluding hydrogens is 116 g/mol. The maximum absolute atomic E-state index is 4.71. The zero-order chi connectivity index (χ0) is 7.11. The van der Waals surface area contributed by atoms with E-state index in [-0.39, 0.29) is 0 Å². The van der Waals surface area contributed by atoms with E-state index in [2.05, 4.69) is 16.6 Å². The molecular formula is C6H10N2O. The van der Waals surface area contributed by atoms with Crippen LogP contribution in [0.25, 0.3) is 0 Å². The van der Waals surface area contributed by atoms with Crippen molar-refractivity contribution in [2.45, 2.75) is 6.92 Å². The van der Waals surface area contributed by atoms with Crippen molar-refractivity contribution in [1.82, 2.24) is 0 Å². The van der Waals surface area contributed by atoms with E-state index >= 15 is 0 Å². The number of ether oxygens (including phenoxy) is 1. The Hall–Kier alpha value is -1.12. The van der Waals surface area contributed by atoms with E-state index in [1.54, 1.807) is 13.1 Å². The highest BCUT2D eigenvalue weighted by molar-refractivity contribution is 5.82. The molecule has 0 atom stereocenters. The highest BCUT2D eigenvalue weighted by Gasteiger charge is 1.85. The lowest BCUT2D eigenvalue weighted by atomic mass is 10.8. The minimum absolute atomic E-state index is 0.326. The van der Waals surface area contributed by atoms with Crippen LogP contribution in [0.2, 0.25) is 0 Å². The van der Waals surface area contributed by atoms with Gasteiger partial charge in [0.1, 0.15) is 0 Å². The lowest BCUT2D eigenvalue weighted by Crippen LogP contribution is -1.94. The molecule has 0 aromatic carbocycles. The first-order valence-electron chi connectivity index (χ1n) is 2.56. The first-order valence-corrected chi connectivity index (χ1v) is 2.56. The van der Waals surface area contributed by atoms with Gasteiger partial charge in [-0.05, 0) is 6.92 Å². The molecule has 0 aromatic rings. The van der Waals surface area contributed by atoms with Crippen molar-refractivity contribution in [3.63, 3.8) is 0 Å². The Morgan fingerprint density at radius 3 is 2.67 bits per heavy atom. The van der Waals surface area contributed by atoms with E-state index in [9.17, 15) is 0 Å². The molecule has 0 unspecified atom stereocenters. The van der Waals surface area contributed by atoms with Gasteiger partial charge in [-0.1, -0.05) is 6.58 Å². The third-order valence-electron chi connectivity index (χ3n) is 0.624. The Balaban J connectivity index is 3.96. The molecule has 0 saturated heterocycles. The number of aliphatic imine (C=N–C) groups is 2. The summed E-state index contributed by atoms with van der Waals surface area (Å²) >= 11 is 0. The van der Waals surface area contributed by atoms with Crippen LogP contribution in [0.15, 0.2) is 22.8 Å². The zero-order valence-corrected chi connectivity index (χ0v) is 5.66. The van der Waals surface area contributed by atoms with Crippen molar-refractivity contribution in [2.75, 3.05) is 7.11 Å². The Kier molecular flexibility index (Phi) is 4.40. The predicted octanol–water partition coefficient (Wildman–Crippen LogP) is 1.22. The third kappa shape index (κ3) is 3.46. The standard InChI is InChI=1S/C6H10N2O/c1-4-7-6(9-3)8-5-2/h4-5H,1H2,2-3H3/b7-6?,8-5-. The topological polar surface area (TPSA) is 34.0 Å². The molecule has 0 radical (unpaired) electrons. The monoisotopic (exact) mass is 126 g/mol. The lowest BCUT2D eigenvalue weighted by molar-refractivity contribution is 0.397. The molecule has 3 heteroatoms. The summed E-state index contributed by atoms with van der Waals surface area (Å²) in [6, 6.07) is 0.326. The average Bonchev–Trinajstić information content (AvgIpc) is 1.88. The van der Waals surface area contributed by atoms with Gasteiger partial charge >= 0.3 is 6.02 Å². The molecule has 9 heavy (non-hydrogen) atoms. The van der Waals surface area contributed by atoms with Gasteiger partial charge in [-0.3, -0.25) is 0 Å². The van der Waals surface area contributed by atoms with Crippen LogP contribution in [0.5, 0.6) is 0 Å². The van der Waals surface area contributed by atoms with Crippen molar-refractivity contribution in [3.8, 4) is 0 Å². The van der Waals surface area contributed by atoms with E-state index in [1.165, 1.54) is 13.3 Å². The van der Waals surface area contributed by atoms with Crippen LogP contribution in [-0.4, -0.2) is 19.3 Å². The second-order valence-electron chi connectivity index (χ2n) is 1.19. The number of methoxy groups -OCH3 is 1. The fourth-order valence-electron chi connectivity index (χ4n) is 0.327. The lowest BCUT2D eigenvalue weighted by Gasteiger charge is -1.92. The molecule has 0 amide bonds. The number of nitrogens with zero attached hydrogens (tertiary/aromatic N) is 2. The van der Waals surface area contributed by atoms with Gasteiger partial charge in [0.25, 0.3) is 0 Å². The molecule has 0 aliphatic rings. The van der Waals surface area contributed by atoms with Crippen LogP contribution < -0.4 is 0 Å².